The van der Waals surface area contributed by atoms with Crippen molar-refractivity contribution in [2.24, 2.45) is 0 Å². The molecule has 0 aliphatic rings. The number of benzene rings is 1. The molecule has 9 heteroatoms. The lowest BCUT2D eigenvalue weighted by Gasteiger charge is -2.10. The standard InChI is InChI=1S/C20H16F2N2O4S/c1-11(25)18-5-12(10-29-18)6-19(26)24-17-7-14(15(21)8-16(17)22)20(27)23-9-13-3-2-4-28-13/h2-5,7-8,10H,6,9H2,1H3,(H,23,27)(H,24,26). The van der Waals surface area contributed by atoms with Gasteiger partial charge in [0.15, 0.2) is 5.78 Å². The molecular weight excluding hydrogens is 402 g/mol. The van der Waals surface area contributed by atoms with Crippen molar-refractivity contribution in [3.05, 3.63) is 75.4 Å². The maximum Gasteiger partial charge on any atom is 0.254 e. The van der Waals surface area contributed by atoms with Gasteiger partial charge in [0.1, 0.15) is 17.4 Å². The van der Waals surface area contributed by atoms with Gasteiger partial charge in [-0.1, -0.05) is 0 Å². The Bertz CT molecular complexity index is 1060. The van der Waals surface area contributed by atoms with Crippen LogP contribution in [-0.4, -0.2) is 17.6 Å². The van der Waals surface area contributed by atoms with E-state index in [0.717, 1.165) is 6.07 Å². The summed E-state index contributed by atoms with van der Waals surface area (Å²) in [7, 11) is 0. The third-order valence-electron chi connectivity index (χ3n) is 3.94. The van der Waals surface area contributed by atoms with Crippen LogP contribution in [0.4, 0.5) is 14.5 Å². The first-order valence-corrected chi connectivity index (χ1v) is 9.39. The average molecular weight is 418 g/mol. The fourth-order valence-electron chi connectivity index (χ4n) is 2.53. The highest BCUT2D eigenvalue weighted by atomic mass is 32.1. The number of furan rings is 1. The summed E-state index contributed by atoms with van der Waals surface area (Å²) >= 11 is 1.21. The van der Waals surface area contributed by atoms with Crippen molar-refractivity contribution in [2.75, 3.05) is 5.32 Å². The molecule has 0 saturated heterocycles. The number of rotatable bonds is 7. The lowest BCUT2D eigenvalue weighted by atomic mass is 10.1. The second kappa shape index (κ2) is 8.78. The largest absolute Gasteiger partial charge is 0.467 e. The second-order valence-corrected chi connectivity index (χ2v) is 7.09. The highest BCUT2D eigenvalue weighted by Crippen LogP contribution is 2.21. The highest BCUT2D eigenvalue weighted by Gasteiger charge is 2.18. The van der Waals surface area contributed by atoms with Crippen LogP contribution in [0.25, 0.3) is 0 Å². The van der Waals surface area contributed by atoms with E-state index in [9.17, 15) is 23.2 Å². The number of ketones is 1. The molecule has 1 aromatic carbocycles. The number of carbonyl (C=O) groups is 3. The molecule has 2 amide bonds. The van der Waals surface area contributed by atoms with Gasteiger partial charge in [0.05, 0.1) is 35.4 Å². The van der Waals surface area contributed by atoms with Crippen molar-refractivity contribution in [1.29, 1.82) is 0 Å². The van der Waals surface area contributed by atoms with Crippen molar-refractivity contribution < 1.29 is 27.6 Å². The van der Waals surface area contributed by atoms with Gasteiger partial charge in [0, 0.05) is 6.07 Å². The molecule has 0 atom stereocenters. The summed E-state index contributed by atoms with van der Waals surface area (Å²) in [5.74, 6) is -3.05. The topological polar surface area (TPSA) is 88.4 Å². The quantitative estimate of drug-likeness (QED) is 0.569. The fourth-order valence-corrected chi connectivity index (χ4v) is 3.34. The van der Waals surface area contributed by atoms with Crippen molar-refractivity contribution in [3.63, 3.8) is 0 Å². The first kappa shape index (κ1) is 20.4. The molecule has 0 unspecified atom stereocenters. The Labute approximate surface area is 168 Å². The Morgan fingerprint density at radius 1 is 1.14 bits per heavy atom. The minimum Gasteiger partial charge on any atom is -0.467 e. The van der Waals surface area contributed by atoms with Gasteiger partial charge in [0.25, 0.3) is 5.91 Å². The minimum absolute atomic E-state index is 0.0288. The molecule has 0 bridgehead atoms. The number of amides is 2. The van der Waals surface area contributed by atoms with Crippen LogP contribution in [0.2, 0.25) is 0 Å². The first-order valence-electron chi connectivity index (χ1n) is 8.51. The lowest BCUT2D eigenvalue weighted by Crippen LogP contribution is -2.24. The molecule has 3 aromatic rings. The molecule has 29 heavy (non-hydrogen) atoms. The van der Waals surface area contributed by atoms with Crippen LogP contribution in [0.15, 0.2) is 46.4 Å². The third-order valence-corrected chi connectivity index (χ3v) is 5.02. The molecule has 150 valence electrons. The van der Waals surface area contributed by atoms with Crippen LogP contribution >= 0.6 is 11.3 Å². The van der Waals surface area contributed by atoms with E-state index in [1.807, 2.05) is 0 Å². The van der Waals surface area contributed by atoms with E-state index in [2.05, 4.69) is 10.6 Å². The van der Waals surface area contributed by atoms with Gasteiger partial charge in [0.2, 0.25) is 5.91 Å². The van der Waals surface area contributed by atoms with Crippen molar-refractivity contribution >= 4 is 34.6 Å². The number of thiophene rings is 1. The van der Waals surface area contributed by atoms with Crippen LogP contribution in [0.5, 0.6) is 0 Å². The van der Waals surface area contributed by atoms with E-state index in [1.165, 1.54) is 24.5 Å². The summed E-state index contributed by atoms with van der Waals surface area (Å²) in [6, 6.07) is 6.33. The van der Waals surface area contributed by atoms with Crippen molar-refractivity contribution in [1.82, 2.24) is 5.32 Å². The minimum atomic E-state index is -1.05. The smallest absolute Gasteiger partial charge is 0.254 e. The third kappa shape index (κ3) is 5.14. The van der Waals surface area contributed by atoms with E-state index in [1.54, 1.807) is 23.6 Å². The maximum atomic E-state index is 14.1. The number of Topliss-reactive ketones (excluding diaryl/α,β-unsaturated/α-hetero) is 1. The van der Waals surface area contributed by atoms with E-state index in [-0.39, 0.29) is 24.4 Å². The Morgan fingerprint density at radius 2 is 1.93 bits per heavy atom. The summed E-state index contributed by atoms with van der Waals surface area (Å²) < 4.78 is 33.2. The number of anilines is 1. The summed E-state index contributed by atoms with van der Waals surface area (Å²) in [6.07, 6.45) is 1.33. The number of halogens is 2. The van der Waals surface area contributed by atoms with E-state index in [0.29, 0.717) is 22.3 Å². The van der Waals surface area contributed by atoms with Crippen LogP contribution in [0.3, 0.4) is 0 Å². The highest BCUT2D eigenvalue weighted by molar-refractivity contribution is 7.12. The predicted molar refractivity (Wildman–Crippen MR) is 103 cm³/mol. The molecular formula is C20H16F2N2O4S. The first-order chi connectivity index (χ1) is 13.8. The summed E-state index contributed by atoms with van der Waals surface area (Å²) in [5.41, 5.74) is -0.138. The molecule has 0 fully saturated rings. The Balaban J connectivity index is 1.69. The molecule has 0 radical (unpaired) electrons. The number of carbonyl (C=O) groups excluding carboxylic acids is 3. The molecule has 2 aromatic heterocycles. The molecule has 0 aliphatic heterocycles. The van der Waals surface area contributed by atoms with Crippen LogP contribution in [0, 0.1) is 11.6 Å². The van der Waals surface area contributed by atoms with E-state index < -0.39 is 29.0 Å². The van der Waals surface area contributed by atoms with Crippen LogP contribution in [0.1, 0.15) is 38.3 Å². The summed E-state index contributed by atoms with van der Waals surface area (Å²) in [5, 5.41) is 6.44. The summed E-state index contributed by atoms with van der Waals surface area (Å²) in [6.45, 7) is 1.45. The normalized spacial score (nSPS) is 10.6. The van der Waals surface area contributed by atoms with Gasteiger partial charge in [-0.05, 0) is 42.1 Å². The van der Waals surface area contributed by atoms with Crippen LogP contribution < -0.4 is 10.6 Å². The Hall–Kier alpha value is -3.33. The van der Waals surface area contributed by atoms with E-state index >= 15 is 0 Å². The van der Waals surface area contributed by atoms with Crippen molar-refractivity contribution in [3.8, 4) is 0 Å². The van der Waals surface area contributed by atoms with Gasteiger partial charge >= 0.3 is 0 Å². The van der Waals surface area contributed by atoms with E-state index in [4.69, 9.17) is 4.42 Å². The second-order valence-electron chi connectivity index (χ2n) is 6.17. The van der Waals surface area contributed by atoms with Crippen molar-refractivity contribution in [2.45, 2.75) is 19.9 Å². The summed E-state index contributed by atoms with van der Waals surface area (Å²) in [4.78, 5) is 36.2. The molecule has 0 saturated carbocycles. The number of hydrogen-bond acceptors (Lipinski definition) is 5. The lowest BCUT2D eigenvalue weighted by molar-refractivity contribution is -0.115. The zero-order valence-corrected chi connectivity index (χ0v) is 16.1. The predicted octanol–water partition coefficient (Wildman–Crippen LogP) is 3.93. The van der Waals surface area contributed by atoms with Gasteiger partial charge in [-0.2, -0.15) is 0 Å². The monoisotopic (exact) mass is 418 g/mol. The van der Waals surface area contributed by atoms with Gasteiger partial charge in [-0.25, -0.2) is 8.78 Å². The zero-order valence-electron chi connectivity index (χ0n) is 15.3. The fraction of sp³-hybridized carbons (Fsp3) is 0.150. The Kier molecular flexibility index (Phi) is 6.18. The van der Waals surface area contributed by atoms with Gasteiger partial charge in [-0.15, -0.1) is 11.3 Å². The Morgan fingerprint density at radius 3 is 2.59 bits per heavy atom. The SMILES string of the molecule is CC(=O)c1cc(CC(=O)Nc2cc(C(=O)NCc3ccco3)c(F)cc2F)cs1. The van der Waals surface area contributed by atoms with Gasteiger partial charge in [-0.3, -0.25) is 14.4 Å². The number of nitrogens with one attached hydrogen (secondary N) is 2. The van der Waals surface area contributed by atoms with Gasteiger partial charge < -0.3 is 15.1 Å². The molecule has 3 rings (SSSR count). The molecule has 2 heterocycles. The van der Waals surface area contributed by atoms with Crippen LogP contribution in [-0.2, 0) is 17.8 Å². The zero-order chi connectivity index (χ0) is 21.0. The average Bonchev–Trinajstić information content (AvgIpc) is 3.34. The molecule has 0 aliphatic carbocycles. The number of hydrogen-bond donors (Lipinski definition) is 2. The molecule has 2 N–H and O–H groups in total. The maximum absolute atomic E-state index is 14.1. The molecule has 0 spiro atoms. The molecule has 6 nitrogen and oxygen atoms in total.